The first-order valence-corrected chi connectivity index (χ1v) is 9.38. The third kappa shape index (κ3) is 4.87. The van der Waals surface area contributed by atoms with Gasteiger partial charge in [0, 0.05) is 30.8 Å². The van der Waals surface area contributed by atoms with E-state index in [2.05, 4.69) is 0 Å². The summed E-state index contributed by atoms with van der Waals surface area (Å²) in [6.45, 7) is 0.912. The molecule has 1 saturated heterocycles. The van der Waals surface area contributed by atoms with Crippen molar-refractivity contribution in [1.82, 2.24) is 4.90 Å². The summed E-state index contributed by atoms with van der Waals surface area (Å²) >= 11 is 0. The Kier molecular flexibility index (Phi) is 6.39. The molecule has 0 bridgehead atoms. The maximum atomic E-state index is 13.3. The number of methoxy groups -OCH3 is 1. The van der Waals surface area contributed by atoms with Gasteiger partial charge >= 0.3 is 5.97 Å². The number of likely N-dealkylation sites (tertiary alicyclic amines) is 1. The van der Waals surface area contributed by atoms with Gasteiger partial charge in [0.25, 0.3) is 11.6 Å². The van der Waals surface area contributed by atoms with Gasteiger partial charge in [-0.25, -0.2) is 0 Å². The van der Waals surface area contributed by atoms with Gasteiger partial charge in [-0.2, -0.15) is 0 Å². The number of amides is 1. The molecule has 0 unspecified atom stereocenters. The maximum absolute atomic E-state index is 13.3. The molecule has 2 aromatic carbocycles. The number of nitro benzene ring substituents is 1. The molecule has 7 nitrogen and oxygen atoms in total. The topological polar surface area (TPSA) is 89.8 Å². The predicted molar refractivity (Wildman–Crippen MR) is 109 cm³/mol. The summed E-state index contributed by atoms with van der Waals surface area (Å²) in [6.07, 6.45) is 2.78. The molecule has 1 heterocycles. The molecule has 3 rings (SSSR count). The van der Waals surface area contributed by atoms with Gasteiger partial charge in [0.15, 0.2) is 0 Å². The van der Waals surface area contributed by atoms with Crippen LogP contribution in [0, 0.1) is 16.0 Å². The lowest BCUT2D eigenvalue weighted by atomic mass is 9.95. The van der Waals surface area contributed by atoms with Gasteiger partial charge in [-0.1, -0.05) is 42.5 Å². The number of rotatable bonds is 5. The highest BCUT2D eigenvalue weighted by atomic mass is 16.6. The zero-order valence-electron chi connectivity index (χ0n) is 16.1. The van der Waals surface area contributed by atoms with E-state index >= 15 is 0 Å². The van der Waals surface area contributed by atoms with Gasteiger partial charge in [-0.05, 0) is 30.0 Å². The number of esters is 1. The number of benzene rings is 2. The first-order chi connectivity index (χ1) is 14.0. The van der Waals surface area contributed by atoms with E-state index in [9.17, 15) is 19.7 Å². The van der Waals surface area contributed by atoms with Crippen molar-refractivity contribution >= 4 is 29.2 Å². The van der Waals surface area contributed by atoms with Crippen molar-refractivity contribution in [2.24, 2.45) is 5.92 Å². The fraction of sp³-hybridized carbons (Fsp3) is 0.273. The van der Waals surface area contributed by atoms with Crippen LogP contribution in [0.25, 0.3) is 11.6 Å². The molecule has 1 amide bonds. The van der Waals surface area contributed by atoms with Gasteiger partial charge in [-0.15, -0.1) is 0 Å². The molecular weight excluding hydrogens is 372 g/mol. The van der Waals surface area contributed by atoms with Crippen molar-refractivity contribution in [1.29, 1.82) is 0 Å². The van der Waals surface area contributed by atoms with Crippen LogP contribution in [0.3, 0.4) is 0 Å². The number of nitrogens with zero attached hydrogens (tertiary/aromatic N) is 2. The van der Waals surface area contributed by atoms with E-state index in [4.69, 9.17) is 4.74 Å². The predicted octanol–water partition coefficient (Wildman–Crippen LogP) is 3.55. The Morgan fingerprint density at radius 2 is 1.79 bits per heavy atom. The first-order valence-electron chi connectivity index (χ1n) is 9.38. The second-order valence-electron chi connectivity index (χ2n) is 6.87. The summed E-state index contributed by atoms with van der Waals surface area (Å²) < 4.78 is 4.80. The summed E-state index contributed by atoms with van der Waals surface area (Å²) in [5.41, 5.74) is 1.75. The Bertz CT molecular complexity index is 931. The zero-order chi connectivity index (χ0) is 20.8. The average molecular weight is 394 g/mol. The molecule has 1 aliphatic rings. The van der Waals surface area contributed by atoms with Crippen LogP contribution < -0.4 is 0 Å². The lowest BCUT2D eigenvalue weighted by Crippen LogP contribution is -2.40. The third-order valence-electron chi connectivity index (χ3n) is 5.02. The number of nitro groups is 1. The van der Waals surface area contributed by atoms with E-state index in [0.717, 1.165) is 5.56 Å². The van der Waals surface area contributed by atoms with Crippen LogP contribution in [0.1, 0.15) is 24.0 Å². The summed E-state index contributed by atoms with van der Waals surface area (Å²) in [6, 6.07) is 15.4. The Balaban J connectivity index is 1.89. The van der Waals surface area contributed by atoms with E-state index in [1.165, 1.54) is 19.2 Å². The molecule has 0 spiro atoms. The van der Waals surface area contributed by atoms with Crippen LogP contribution in [0.2, 0.25) is 0 Å². The molecule has 7 heteroatoms. The molecule has 1 fully saturated rings. The van der Waals surface area contributed by atoms with Crippen molar-refractivity contribution in [3.05, 3.63) is 75.8 Å². The van der Waals surface area contributed by atoms with E-state index in [1.54, 1.807) is 23.1 Å². The van der Waals surface area contributed by atoms with Crippen molar-refractivity contribution in [2.45, 2.75) is 12.8 Å². The highest BCUT2D eigenvalue weighted by Crippen LogP contribution is 2.26. The number of non-ortho nitro benzene ring substituents is 1. The third-order valence-corrected chi connectivity index (χ3v) is 5.02. The van der Waals surface area contributed by atoms with Crippen molar-refractivity contribution in [3.8, 4) is 0 Å². The molecule has 0 N–H and O–H groups in total. The molecule has 0 atom stereocenters. The summed E-state index contributed by atoms with van der Waals surface area (Å²) in [7, 11) is 1.37. The van der Waals surface area contributed by atoms with Gasteiger partial charge in [0.05, 0.1) is 18.0 Å². The van der Waals surface area contributed by atoms with Crippen molar-refractivity contribution in [2.75, 3.05) is 20.2 Å². The second kappa shape index (κ2) is 9.14. The van der Waals surface area contributed by atoms with Crippen molar-refractivity contribution < 1.29 is 19.2 Å². The van der Waals surface area contributed by atoms with E-state index in [0.29, 0.717) is 37.1 Å². The Hall–Kier alpha value is -3.48. The lowest BCUT2D eigenvalue weighted by Gasteiger charge is -2.31. The van der Waals surface area contributed by atoms with Crippen LogP contribution in [0.15, 0.2) is 54.6 Å². The van der Waals surface area contributed by atoms with Crippen LogP contribution in [0.4, 0.5) is 5.69 Å². The van der Waals surface area contributed by atoms with Crippen LogP contribution in [0.5, 0.6) is 0 Å². The number of carbonyl (C=O) groups excluding carboxylic acids is 2. The second-order valence-corrected chi connectivity index (χ2v) is 6.87. The quantitative estimate of drug-likeness (QED) is 0.254. The molecule has 0 radical (unpaired) electrons. The number of carbonyl (C=O) groups is 2. The van der Waals surface area contributed by atoms with Gasteiger partial charge < -0.3 is 9.64 Å². The zero-order valence-corrected chi connectivity index (χ0v) is 16.1. The van der Waals surface area contributed by atoms with Crippen molar-refractivity contribution in [3.63, 3.8) is 0 Å². The minimum absolute atomic E-state index is 0.0301. The fourth-order valence-electron chi connectivity index (χ4n) is 3.44. The lowest BCUT2D eigenvalue weighted by molar-refractivity contribution is -0.384. The highest BCUT2D eigenvalue weighted by molar-refractivity contribution is 6.24. The van der Waals surface area contributed by atoms with Crippen LogP contribution in [-0.4, -0.2) is 41.9 Å². The standard InChI is InChI=1S/C22H22N2O5/c1-29-22(26)18-10-12-23(13-11-18)21(25)20(17-7-3-2-4-8-17)15-16-6-5-9-19(14-16)24(27)28/h2-9,14-15,18H,10-13H2,1H3/b20-15+. The van der Waals surface area contributed by atoms with Gasteiger partial charge in [-0.3, -0.25) is 19.7 Å². The Morgan fingerprint density at radius 3 is 2.41 bits per heavy atom. The molecule has 0 aromatic heterocycles. The first kappa shape index (κ1) is 20.3. The maximum Gasteiger partial charge on any atom is 0.308 e. The highest BCUT2D eigenvalue weighted by Gasteiger charge is 2.29. The summed E-state index contributed by atoms with van der Waals surface area (Å²) in [5, 5.41) is 11.1. The Labute approximate surface area is 168 Å². The number of ether oxygens (including phenoxy) is 1. The van der Waals surface area contributed by atoms with Gasteiger partial charge in [0.1, 0.15) is 0 Å². The minimum Gasteiger partial charge on any atom is -0.469 e. The Morgan fingerprint density at radius 1 is 1.10 bits per heavy atom. The van der Waals surface area contributed by atoms with E-state index in [-0.39, 0.29) is 23.5 Å². The molecule has 0 aliphatic carbocycles. The summed E-state index contributed by atoms with van der Waals surface area (Å²) in [5.74, 6) is -0.594. The molecule has 29 heavy (non-hydrogen) atoms. The minimum atomic E-state index is -0.459. The van der Waals surface area contributed by atoms with E-state index in [1.807, 2.05) is 30.3 Å². The number of hydrogen-bond acceptors (Lipinski definition) is 5. The smallest absolute Gasteiger partial charge is 0.308 e. The molecule has 1 aliphatic heterocycles. The van der Waals surface area contributed by atoms with Gasteiger partial charge in [0.2, 0.25) is 0 Å². The average Bonchev–Trinajstić information content (AvgIpc) is 2.77. The molecule has 2 aromatic rings. The fourth-order valence-corrected chi connectivity index (χ4v) is 3.44. The van der Waals surface area contributed by atoms with Crippen LogP contribution >= 0.6 is 0 Å². The normalized spacial score (nSPS) is 15.1. The molecule has 0 saturated carbocycles. The molecular formula is C22H22N2O5. The van der Waals surface area contributed by atoms with Crippen LogP contribution in [-0.2, 0) is 14.3 Å². The van der Waals surface area contributed by atoms with E-state index < -0.39 is 4.92 Å². The summed E-state index contributed by atoms with van der Waals surface area (Å²) in [4.78, 5) is 37.3. The number of hydrogen-bond donors (Lipinski definition) is 0. The monoisotopic (exact) mass is 394 g/mol. The molecule has 150 valence electrons. The largest absolute Gasteiger partial charge is 0.469 e. The SMILES string of the molecule is COC(=O)C1CCN(C(=O)/C(=C/c2cccc([N+](=O)[O-])c2)c2ccccc2)CC1. The number of piperidine rings is 1.